The summed E-state index contributed by atoms with van der Waals surface area (Å²) in [6.07, 6.45) is 0. The van der Waals surface area contributed by atoms with Gasteiger partial charge >= 0.3 is 0 Å². The molecule has 1 aromatic heterocycles. The summed E-state index contributed by atoms with van der Waals surface area (Å²) in [6, 6.07) is 19.2. The monoisotopic (exact) mass is 458 g/mol. The lowest BCUT2D eigenvalue weighted by Crippen LogP contribution is -2.36. The Balaban J connectivity index is 1.76. The number of rotatable bonds is 5. The van der Waals surface area contributed by atoms with Crippen LogP contribution in [0.2, 0.25) is 0 Å². The highest BCUT2D eigenvalue weighted by Gasteiger charge is 2.23. The van der Waals surface area contributed by atoms with E-state index in [1.54, 1.807) is 31.4 Å². The maximum Gasteiger partial charge on any atom is 0.295 e. The number of fused-ring (bicyclic) bond motifs is 1. The van der Waals surface area contributed by atoms with Crippen molar-refractivity contribution in [3.63, 3.8) is 0 Å². The van der Waals surface area contributed by atoms with E-state index in [4.69, 9.17) is 9.47 Å². The Kier molecular flexibility index (Phi) is 5.69. The second-order valence-electron chi connectivity index (χ2n) is 7.87. The molecule has 0 atom stereocenters. The molecule has 5 rings (SSSR count). The molecule has 2 heterocycles. The van der Waals surface area contributed by atoms with Crippen molar-refractivity contribution in [3.05, 3.63) is 87.2 Å². The zero-order valence-electron chi connectivity index (χ0n) is 18.5. The molecule has 0 aliphatic carbocycles. The summed E-state index contributed by atoms with van der Waals surface area (Å²) in [6.45, 7) is 2.47. The van der Waals surface area contributed by atoms with Crippen LogP contribution in [0.25, 0.3) is 27.7 Å². The van der Waals surface area contributed by atoms with E-state index < -0.39 is 10.5 Å². The topological polar surface area (TPSA) is 99.7 Å². The Labute approximate surface area is 194 Å². The third-order valence-electron chi connectivity index (χ3n) is 5.93. The van der Waals surface area contributed by atoms with Gasteiger partial charge in [0.2, 0.25) is 0 Å². The molecule has 3 aromatic carbocycles. The Morgan fingerprint density at radius 2 is 1.71 bits per heavy atom. The highest BCUT2D eigenvalue weighted by Crippen LogP contribution is 2.31. The van der Waals surface area contributed by atoms with E-state index in [1.807, 2.05) is 36.4 Å². The van der Waals surface area contributed by atoms with Crippen molar-refractivity contribution in [1.29, 1.82) is 0 Å². The third kappa shape index (κ3) is 3.86. The van der Waals surface area contributed by atoms with Crippen LogP contribution in [-0.4, -0.2) is 48.1 Å². The Hall–Kier alpha value is -4.24. The molecule has 0 unspecified atom stereocenters. The minimum Gasteiger partial charge on any atom is -0.497 e. The van der Waals surface area contributed by atoms with Crippen LogP contribution in [0.5, 0.6) is 5.75 Å². The van der Waals surface area contributed by atoms with Crippen LogP contribution in [-0.2, 0) is 4.74 Å². The van der Waals surface area contributed by atoms with Crippen LogP contribution in [0.4, 0.5) is 11.4 Å². The van der Waals surface area contributed by atoms with E-state index in [1.165, 1.54) is 6.07 Å². The van der Waals surface area contributed by atoms with Gasteiger partial charge in [-0.05, 0) is 42.5 Å². The summed E-state index contributed by atoms with van der Waals surface area (Å²) in [4.78, 5) is 27.0. The van der Waals surface area contributed by atoms with E-state index in [0.717, 1.165) is 15.9 Å². The van der Waals surface area contributed by atoms with E-state index in [0.29, 0.717) is 48.5 Å². The summed E-state index contributed by atoms with van der Waals surface area (Å²) in [5.74, 6) is 0.690. The van der Waals surface area contributed by atoms with Gasteiger partial charge in [-0.15, -0.1) is 0 Å². The number of nitro benzene ring substituents is 1. The average molecular weight is 458 g/mol. The summed E-state index contributed by atoms with van der Waals surface area (Å²) >= 11 is 0. The number of morpholine rings is 1. The number of anilines is 1. The number of benzene rings is 3. The van der Waals surface area contributed by atoms with Crippen LogP contribution < -0.4 is 15.2 Å². The number of methoxy groups -OCH3 is 1. The molecule has 34 heavy (non-hydrogen) atoms. The average Bonchev–Trinajstić information content (AvgIpc) is 2.89. The van der Waals surface area contributed by atoms with Gasteiger partial charge in [-0.25, -0.2) is 0 Å². The van der Waals surface area contributed by atoms with Crippen LogP contribution in [0, 0.1) is 10.1 Å². The van der Waals surface area contributed by atoms with Gasteiger partial charge in [0, 0.05) is 35.8 Å². The molecule has 1 fully saturated rings. The quantitative estimate of drug-likeness (QED) is 0.331. The van der Waals surface area contributed by atoms with Gasteiger partial charge in [0.1, 0.15) is 11.4 Å². The first-order valence-electron chi connectivity index (χ1n) is 10.8. The fourth-order valence-electron chi connectivity index (χ4n) is 4.17. The van der Waals surface area contributed by atoms with Gasteiger partial charge in [-0.2, -0.15) is 9.78 Å². The van der Waals surface area contributed by atoms with Gasteiger partial charge in [-0.1, -0.05) is 18.2 Å². The number of ether oxygens (including phenoxy) is 2. The molecule has 172 valence electrons. The normalized spacial score (nSPS) is 13.7. The molecule has 1 aliphatic heterocycles. The zero-order chi connectivity index (χ0) is 23.7. The van der Waals surface area contributed by atoms with Crippen molar-refractivity contribution >= 4 is 22.1 Å². The number of nitrogens with zero attached hydrogens (tertiary/aromatic N) is 4. The molecule has 0 amide bonds. The van der Waals surface area contributed by atoms with Gasteiger partial charge in [0.05, 0.1) is 36.3 Å². The molecule has 9 heteroatoms. The lowest BCUT2D eigenvalue weighted by molar-refractivity contribution is -0.384. The minimum absolute atomic E-state index is 0.125. The van der Waals surface area contributed by atoms with E-state index in [2.05, 4.69) is 10.00 Å². The molecular formula is C25H22N4O5. The second-order valence-corrected chi connectivity index (χ2v) is 7.87. The van der Waals surface area contributed by atoms with E-state index >= 15 is 0 Å². The first-order chi connectivity index (χ1) is 16.6. The Morgan fingerprint density at radius 3 is 2.38 bits per heavy atom. The van der Waals surface area contributed by atoms with Crippen LogP contribution in [0.3, 0.4) is 0 Å². The van der Waals surface area contributed by atoms with Gasteiger partial charge in [-0.3, -0.25) is 14.9 Å². The fourth-order valence-corrected chi connectivity index (χ4v) is 4.17. The number of nitro groups is 1. The second kappa shape index (κ2) is 8.95. The van der Waals surface area contributed by atoms with Crippen molar-refractivity contribution in [1.82, 2.24) is 9.78 Å². The van der Waals surface area contributed by atoms with Gasteiger partial charge in [0.15, 0.2) is 0 Å². The first kappa shape index (κ1) is 21.6. The van der Waals surface area contributed by atoms with Gasteiger partial charge in [0.25, 0.3) is 11.2 Å². The lowest BCUT2D eigenvalue weighted by atomic mass is 10.0. The highest BCUT2D eigenvalue weighted by molar-refractivity contribution is 5.94. The number of aromatic nitrogens is 2. The fraction of sp³-hybridized carbons (Fsp3) is 0.200. The molecule has 1 aliphatic rings. The molecule has 0 radical (unpaired) electrons. The summed E-state index contributed by atoms with van der Waals surface area (Å²) in [7, 11) is 1.59. The first-order valence-corrected chi connectivity index (χ1v) is 10.8. The molecule has 0 N–H and O–H groups in total. The van der Waals surface area contributed by atoms with Crippen molar-refractivity contribution in [2.24, 2.45) is 0 Å². The van der Waals surface area contributed by atoms with Crippen LogP contribution in [0.15, 0.2) is 71.5 Å². The third-order valence-corrected chi connectivity index (χ3v) is 5.93. The number of hydrogen-bond donors (Lipinski definition) is 0. The predicted molar refractivity (Wildman–Crippen MR) is 129 cm³/mol. The summed E-state index contributed by atoms with van der Waals surface area (Å²) < 4.78 is 11.8. The van der Waals surface area contributed by atoms with E-state index in [9.17, 15) is 14.9 Å². The molecule has 9 nitrogen and oxygen atoms in total. The van der Waals surface area contributed by atoms with Crippen LogP contribution >= 0.6 is 0 Å². The summed E-state index contributed by atoms with van der Waals surface area (Å²) in [5, 5.41) is 17.6. The van der Waals surface area contributed by atoms with Crippen LogP contribution in [0.1, 0.15) is 0 Å². The Morgan fingerprint density at radius 1 is 1.00 bits per heavy atom. The summed E-state index contributed by atoms with van der Waals surface area (Å²) in [5.41, 5.74) is 1.59. The number of hydrogen-bond acceptors (Lipinski definition) is 7. The SMILES string of the molecule is COc1ccc(-c2nn(-c3cc(N4CCOCC4)ccc3[N+](=O)[O-])c(=O)c3ccccc23)cc1. The molecular weight excluding hydrogens is 436 g/mol. The predicted octanol–water partition coefficient (Wildman–Crippen LogP) is 3.81. The van der Waals surface area contributed by atoms with Crippen molar-refractivity contribution < 1.29 is 14.4 Å². The Bertz CT molecular complexity index is 1430. The maximum absolute atomic E-state index is 13.5. The van der Waals surface area contributed by atoms with Crippen molar-refractivity contribution in [3.8, 4) is 22.7 Å². The highest BCUT2D eigenvalue weighted by atomic mass is 16.6. The molecule has 4 aromatic rings. The smallest absolute Gasteiger partial charge is 0.295 e. The lowest BCUT2D eigenvalue weighted by Gasteiger charge is -2.29. The molecule has 0 saturated carbocycles. The van der Waals surface area contributed by atoms with E-state index in [-0.39, 0.29) is 11.4 Å². The largest absolute Gasteiger partial charge is 0.497 e. The molecule has 0 bridgehead atoms. The maximum atomic E-state index is 13.5. The van der Waals surface area contributed by atoms with Crippen molar-refractivity contribution in [2.45, 2.75) is 0 Å². The molecule has 1 saturated heterocycles. The zero-order valence-corrected chi connectivity index (χ0v) is 18.5. The standard InChI is InChI=1S/C25H22N4O5/c1-33-19-9-6-17(7-10-19)24-20-4-2-3-5-21(20)25(30)28(26-24)23-16-18(8-11-22(23)29(31)32)27-12-14-34-15-13-27/h2-11,16H,12-15H2,1H3. The minimum atomic E-state index is -0.491. The van der Waals surface area contributed by atoms with Gasteiger partial charge < -0.3 is 14.4 Å². The molecule has 0 spiro atoms. The van der Waals surface area contributed by atoms with Crippen molar-refractivity contribution in [2.75, 3.05) is 38.3 Å².